The number of aliphatic hydroxyl groups excluding tert-OH is 1. The molecule has 19 N–H and O–H groups in total. The molecular formula is C60H85N17O14. The third kappa shape index (κ3) is 21.8. The molecule has 2 aromatic heterocycles. The minimum Gasteiger partial charge on any atom is -0.508 e. The van der Waals surface area contributed by atoms with E-state index in [2.05, 4.69) is 67.8 Å². The second-order valence-electron chi connectivity index (χ2n) is 23.9. The summed E-state index contributed by atoms with van der Waals surface area (Å²) in [6, 6.07) is 0.451. The predicted octanol–water partition coefficient (Wildman–Crippen LogP) is -3.20. The largest absolute Gasteiger partial charge is 0.508 e. The zero-order valence-corrected chi connectivity index (χ0v) is 51.6. The molecule has 2 aliphatic rings. The Hall–Kier alpha value is -9.65. The topological polar surface area (TPSA) is 484 Å². The van der Waals surface area contributed by atoms with Gasteiger partial charge in [-0.2, -0.15) is 0 Å². The summed E-state index contributed by atoms with van der Waals surface area (Å²) in [4.78, 5) is 167. The van der Waals surface area contributed by atoms with Crippen LogP contribution < -0.4 is 65.1 Å². The molecule has 4 aromatic rings. The number of guanidine groups is 1. The highest BCUT2D eigenvalue weighted by Crippen LogP contribution is 2.22. The van der Waals surface area contributed by atoms with Crippen LogP contribution in [-0.4, -0.2) is 194 Å². The number of aliphatic imine (C=N–C) groups is 1. The van der Waals surface area contributed by atoms with Crippen molar-refractivity contribution in [1.29, 1.82) is 0 Å². The molecule has 2 saturated heterocycles. The number of phenols is 1. The monoisotopic (exact) mass is 1270 g/mol. The molecule has 2 aliphatic heterocycles. The van der Waals surface area contributed by atoms with Crippen molar-refractivity contribution in [2.45, 2.75) is 159 Å². The number of primary amides is 1. The highest BCUT2D eigenvalue weighted by molar-refractivity contribution is 6.00. The number of imidazole rings is 1. The summed E-state index contributed by atoms with van der Waals surface area (Å²) >= 11 is 0. The molecule has 6 rings (SSSR count). The molecule has 31 nitrogen and oxygen atoms in total. The van der Waals surface area contributed by atoms with Gasteiger partial charge in [0, 0.05) is 67.8 Å². The third-order valence-corrected chi connectivity index (χ3v) is 15.0. The van der Waals surface area contributed by atoms with Gasteiger partial charge in [0.25, 0.3) is 0 Å². The number of hydrogen-bond acceptors (Lipinski definition) is 16. The number of amides is 11. The number of aliphatic hydroxyl groups is 1. The van der Waals surface area contributed by atoms with Crippen LogP contribution in [0.25, 0.3) is 10.9 Å². The molecule has 9 atom stereocenters. The molecule has 0 aliphatic carbocycles. The first-order valence-corrected chi connectivity index (χ1v) is 30.1. The molecule has 4 heterocycles. The number of ether oxygens (including phenoxy) is 1. The summed E-state index contributed by atoms with van der Waals surface area (Å²) in [5, 5.41) is 45.2. The summed E-state index contributed by atoms with van der Waals surface area (Å²) in [5.74, 6) is -9.19. The Morgan fingerprint density at radius 3 is 1.96 bits per heavy atom. The minimum atomic E-state index is -1.80. The lowest BCUT2D eigenvalue weighted by atomic mass is 10.0. The number of carbonyl (C=O) groups is 11. The number of nitrogens with one attached hydrogen (secondary N) is 11. The lowest BCUT2D eigenvalue weighted by molar-refractivity contribution is -0.142. The van der Waals surface area contributed by atoms with E-state index in [0.717, 1.165) is 0 Å². The first-order valence-electron chi connectivity index (χ1n) is 30.1. The quantitative estimate of drug-likeness (QED) is 0.0127. The van der Waals surface area contributed by atoms with E-state index >= 15 is 0 Å². The maximum atomic E-state index is 14.8. The number of nitrogens with zero attached hydrogens (tertiary/aromatic N) is 3. The number of aromatic amines is 2. The maximum absolute atomic E-state index is 14.8. The SMILES string of the molecule is CC(C)C[C@H](NC(=O)[C@@H](COC(C)(C)C)NC(=O)[C@H](Cc1ccc(O)cc1)NC(=O)[C@H](CO)NC(=O)[C@H](Cc1c[nH]c2ccccc12)NC(=O)[C@H](Cc1cnc[nH]1)NC(=O)[C@@H]1CCC(=O)N1)C(=O)N[C@@H](CCCN=C(N)N)C(=O)N1CCC[C@H]1C(=O)NCC(N)=O. The molecule has 0 spiro atoms. The summed E-state index contributed by atoms with van der Waals surface area (Å²) < 4.78 is 6.03. The van der Waals surface area contributed by atoms with Crippen molar-refractivity contribution >= 4 is 81.8 Å². The van der Waals surface area contributed by atoms with Crippen molar-refractivity contribution in [2.24, 2.45) is 28.1 Å². The normalized spacial score (nSPS) is 17.0. The van der Waals surface area contributed by atoms with Gasteiger partial charge in [0.05, 0.1) is 31.7 Å². The summed E-state index contributed by atoms with van der Waals surface area (Å²) in [6.07, 6.45) is 5.03. The van der Waals surface area contributed by atoms with E-state index in [9.17, 15) is 63.0 Å². The molecule has 91 heavy (non-hydrogen) atoms. The fourth-order valence-corrected chi connectivity index (χ4v) is 10.3. The van der Waals surface area contributed by atoms with Gasteiger partial charge in [-0.25, -0.2) is 4.98 Å². The van der Waals surface area contributed by atoms with Gasteiger partial charge in [0.15, 0.2) is 5.96 Å². The van der Waals surface area contributed by atoms with Crippen molar-refractivity contribution < 1.29 is 67.7 Å². The predicted molar refractivity (Wildman–Crippen MR) is 330 cm³/mol. The zero-order valence-electron chi connectivity index (χ0n) is 51.6. The first kappa shape index (κ1) is 70.4. The second-order valence-corrected chi connectivity index (χ2v) is 23.9. The van der Waals surface area contributed by atoms with E-state index < -0.39 is 139 Å². The van der Waals surface area contributed by atoms with Gasteiger partial charge in [-0.3, -0.25) is 57.7 Å². The highest BCUT2D eigenvalue weighted by Gasteiger charge is 2.40. The fraction of sp³-hybridized carbons (Fsp3) is 0.517. The van der Waals surface area contributed by atoms with Crippen molar-refractivity contribution in [2.75, 3.05) is 32.8 Å². The zero-order chi connectivity index (χ0) is 66.5. The van der Waals surface area contributed by atoms with Crippen LogP contribution in [0.5, 0.6) is 5.75 Å². The maximum Gasteiger partial charge on any atom is 0.245 e. The molecule has 11 amide bonds. The molecule has 0 unspecified atom stereocenters. The average Bonchev–Trinajstić information content (AvgIpc) is 1.85. The average molecular weight is 1270 g/mol. The number of rotatable bonds is 33. The van der Waals surface area contributed by atoms with Gasteiger partial charge in [-0.05, 0) is 94.5 Å². The van der Waals surface area contributed by atoms with E-state index in [4.69, 9.17) is 21.9 Å². The van der Waals surface area contributed by atoms with E-state index in [-0.39, 0.29) is 94.4 Å². The molecule has 2 fully saturated rings. The van der Waals surface area contributed by atoms with E-state index in [1.165, 1.54) is 41.7 Å². The minimum absolute atomic E-state index is 0.0102. The lowest BCUT2D eigenvalue weighted by Crippen LogP contribution is -2.62. The number of fused-ring (bicyclic) bond motifs is 1. The Labute approximate surface area is 525 Å². The number of benzene rings is 2. The second kappa shape index (κ2) is 33.3. The van der Waals surface area contributed by atoms with Crippen LogP contribution >= 0.6 is 0 Å². The van der Waals surface area contributed by atoms with Crippen LogP contribution in [0.1, 0.15) is 96.4 Å². The number of carbonyl (C=O) groups excluding carboxylic acids is 11. The van der Waals surface area contributed by atoms with Crippen LogP contribution in [0.3, 0.4) is 0 Å². The third-order valence-electron chi connectivity index (χ3n) is 15.0. The smallest absolute Gasteiger partial charge is 0.245 e. The Kier molecular flexibility index (Phi) is 25.7. The Balaban J connectivity index is 1.24. The van der Waals surface area contributed by atoms with Crippen LogP contribution in [0.4, 0.5) is 0 Å². The summed E-state index contributed by atoms with van der Waals surface area (Å²) in [6.45, 7) is 6.89. The van der Waals surface area contributed by atoms with Crippen LogP contribution in [0.15, 0.2) is 72.2 Å². The number of aromatic nitrogens is 3. The number of H-pyrrole nitrogens is 2. The van der Waals surface area contributed by atoms with Gasteiger partial charge < -0.3 is 94.9 Å². The van der Waals surface area contributed by atoms with Gasteiger partial charge in [0.2, 0.25) is 65.0 Å². The Morgan fingerprint density at radius 1 is 0.736 bits per heavy atom. The number of likely N-dealkylation sites (tertiary alicyclic amines) is 1. The van der Waals surface area contributed by atoms with Gasteiger partial charge >= 0.3 is 0 Å². The molecule has 494 valence electrons. The van der Waals surface area contributed by atoms with Crippen molar-refractivity contribution in [3.8, 4) is 5.75 Å². The van der Waals surface area contributed by atoms with Crippen molar-refractivity contribution in [1.82, 2.24) is 67.7 Å². The Bertz CT molecular complexity index is 3230. The number of hydrogen-bond donors (Lipinski definition) is 16. The number of para-hydroxylation sites is 1. The molecular weight excluding hydrogens is 1180 g/mol. The van der Waals surface area contributed by atoms with Crippen molar-refractivity contribution in [3.05, 3.63) is 84.1 Å². The number of nitrogens with two attached hydrogens (primary N) is 3. The Morgan fingerprint density at radius 2 is 1.34 bits per heavy atom. The molecule has 0 bridgehead atoms. The van der Waals surface area contributed by atoms with E-state index in [1.54, 1.807) is 65.1 Å². The summed E-state index contributed by atoms with van der Waals surface area (Å²) in [5.41, 5.74) is 17.5. The lowest BCUT2D eigenvalue weighted by Gasteiger charge is -2.31. The molecule has 0 radical (unpaired) electrons. The number of aromatic hydroxyl groups is 1. The van der Waals surface area contributed by atoms with Gasteiger partial charge in [-0.1, -0.05) is 44.2 Å². The van der Waals surface area contributed by atoms with Crippen LogP contribution in [-0.2, 0) is 76.7 Å². The fourth-order valence-electron chi connectivity index (χ4n) is 10.3. The van der Waals surface area contributed by atoms with Crippen LogP contribution in [0.2, 0.25) is 0 Å². The standard InChI is InChI=1S/C60H85N17O14/c1-32(2)22-41(51(83)70-40(12-8-20-65-59(62)63)58(90)77-21-9-13-47(77)57(89)67-28-48(61)80)71-56(88)46(30-91-60(3,4)5)76-52(84)42(23-33-14-16-36(79)17-15-33)72-55(87)45(29-78)75-53(85)43(24-34-26-66-38-11-7-6-10-37(34)38)73-54(86)44(25-35-27-64-31-68-35)74-50(82)39-18-19-49(81)69-39/h6-7,10-11,14-17,26-27,31-32,39-47,66,78-79H,8-9,12-13,18-25,28-30H2,1-5H3,(H2,61,80)(H,64,68)(H,67,89)(H,69,81)(H,70,83)(H,71,88)(H,72,87)(H,73,86)(H,74,82)(H,75,85)(H,76,84)(H4,62,63,65)/t39-,40-,41-,42-,43-,44-,45-,46+,47-/m0/s1. The number of phenolic OH excluding ortho intramolecular Hbond substituents is 1. The van der Waals surface area contributed by atoms with Gasteiger partial charge in [0.1, 0.15) is 60.1 Å². The molecule has 31 heteroatoms. The molecule has 0 saturated carbocycles. The summed E-state index contributed by atoms with van der Waals surface area (Å²) in [7, 11) is 0. The molecule has 2 aromatic carbocycles. The highest BCUT2D eigenvalue weighted by atomic mass is 16.5. The van der Waals surface area contributed by atoms with Gasteiger partial charge in [-0.15, -0.1) is 0 Å². The van der Waals surface area contributed by atoms with E-state index in [1.807, 2.05) is 0 Å². The van der Waals surface area contributed by atoms with E-state index in [0.29, 0.717) is 34.1 Å². The van der Waals surface area contributed by atoms with Crippen molar-refractivity contribution in [3.63, 3.8) is 0 Å². The van der Waals surface area contributed by atoms with Crippen LogP contribution in [0, 0.1) is 5.92 Å². The first-order chi connectivity index (χ1) is 43.2.